The minimum Gasteiger partial charge on any atom is -0.507 e. The van der Waals surface area contributed by atoms with Gasteiger partial charge >= 0.3 is 5.97 Å². The van der Waals surface area contributed by atoms with E-state index in [4.69, 9.17) is 4.74 Å². The lowest BCUT2D eigenvalue weighted by atomic mass is 10.1. The van der Waals surface area contributed by atoms with Crippen LogP contribution in [0.3, 0.4) is 0 Å². The van der Waals surface area contributed by atoms with E-state index in [2.05, 4.69) is 4.74 Å². The molecule has 0 fully saturated rings. The molecule has 82 valence electrons. The molecule has 0 heterocycles. The highest BCUT2D eigenvalue weighted by Gasteiger charge is 2.18. The lowest BCUT2D eigenvalue weighted by Gasteiger charge is -2.11. The summed E-state index contributed by atoms with van der Waals surface area (Å²) >= 11 is 0. The van der Waals surface area contributed by atoms with Crippen LogP contribution >= 0.6 is 0 Å². The second kappa shape index (κ2) is 4.68. The standard InChI is InChI=1S/C11H14O4/c1-4-15-9-6-7(2)5-8(12)10(9)11(13)14-3/h5-6,12H,4H2,1-3H3. The van der Waals surface area contributed by atoms with Gasteiger partial charge in [-0.25, -0.2) is 4.79 Å². The average molecular weight is 210 g/mol. The number of phenols is 1. The molecule has 0 unspecified atom stereocenters. The third-order valence-electron chi connectivity index (χ3n) is 1.92. The Bertz CT molecular complexity index is 371. The Balaban J connectivity index is 3.26. The van der Waals surface area contributed by atoms with E-state index in [1.54, 1.807) is 13.0 Å². The zero-order chi connectivity index (χ0) is 11.4. The zero-order valence-electron chi connectivity index (χ0n) is 9.03. The van der Waals surface area contributed by atoms with Gasteiger partial charge in [-0.3, -0.25) is 0 Å². The summed E-state index contributed by atoms with van der Waals surface area (Å²) in [6.45, 7) is 4.04. The van der Waals surface area contributed by atoms with Crippen LogP contribution < -0.4 is 4.74 Å². The Morgan fingerprint density at radius 3 is 2.67 bits per heavy atom. The maximum atomic E-state index is 11.4. The highest BCUT2D eigenvalue weighted by atomic mass is 16.5. The molecule has 4 nitrogen and oxygen atoms in total. The third kappa shape index (κ3) is 2.40. The molecule has 0 aliphatic carbocycles. The fourth-order valence-corrected chi connectivity index (χ4v) is 1.31. The van der Waals surface area contributed by atoms with Crippen molar-refractivity contribution in [2.45, 2.75) is 13.8 Å². The summed E-state index contributed by atoms with van der Waals surface area (Å²) in [5.41, 5.74) is 0.897. The fraction of sp³-hybridized carbons (Fsp3) is 0.364. The number of rotatable bonds is 3. The van der Waals surface area contributed by atoms with Crippen molar-refractivity contribution in [1.29, 1.82) is 0 Å². The molecule has 0 saturated carbocycles. The lowest BCUT2D eigenvalue weighted by Crippen LogP contribution is -2.06. The molecule has 1 N–H and O–H groups in total. The van der Waals surface area contributed by atoms with Gasteiger partial charge in [0.25, 0.3) is 0 Å². The van der Waals surface area contributed by atoms with Crippen molar-refractivity contribution in [3.05, 3.63) is 23.3 Å². The number of ether oxygens (including phenoxy) is 2. The molecule has 0 aliphatic heterocycles. The monoisotopic (exact) mass is 210 g/mol. The fourth-order valence-electron chi connectivity index (χ4n) is 1.31. The van der Waals surface area contributed by atoms with Crippen LogP contribution in [0, 0.1) is 6.92 Å². The third-order valence-corrected chi connectivity index (χ3v) is 1.92. The van der Waals surface area contributed by atoms with Crippen LogP contribution in [0.15, 0.2) is 12.1 Å². The molecule has 0 spiro atoms. The van der Waals surface area contributed by atoms with Crippen LogP contribution in [0.5, 0.6) is 11.5 Å². The normalized spacial score (nSPS) is 9.80. The van der Waals surface area contributed by atoms with Gasteiger partial charge in [0.05, 0.1) is 13.7 Å². The van der Waals surface area contributed by atoms with Crippen molar-refractivity contribution >= 4 is 5.97 Å². The molecular weight excluding hydrogens is 196 g/mol. The van der Waals surface area contributed by atoms with Gasteiger partial charge in [-0.2, -0.15) is 0 Å². The highest BCUT2D eigenvalue weighted by Crippen LogP contribution is 2.30. The number of benzene rings is 1. The van der Waals surface area contributed by atoms with E-state index in [9.17, 15) is 9.90 Å². The summed E-state index contributed by atoms with van der Waals surface area (Å²) in [5, 5.41) is 9.62. The average Bonchev–Trinajstić information content (AvgIpc) is 2.16. The number of methoxy groups -OCH3 is 1. The first-order valence-corrected chi connectivity index (χ1v) is 4.64. The summed E-state index contributed by atoms with van der Waals surface area (Å²) in [5.74, 6) is -0.372. The van der Waals surface area contributed by atoms with E-state index in [-0.39, 0.29) is 11.3 Å². The van der Waals surface area contributed by atoms with Crippen LogP contribution in [0.1, 0.15) is 22.8 Å². The molecule has 0 atom stereocenters. The van der Waals surface area contributed by atoms with Gasteiger partial charge in [0, 0.05) is 0 Å². The lowest BCUT2D eigenvalue weighted by molar-refractivity contribution is 0.0593. The Labute approximate surface area is 88.4 Å². The van der Waals surface area contributed by atoms with Gasteiger partial charge in [0.1, 0.15) is 17.1 Å². The molecule has 4 heteroatoms. The second-order valence-corrected chi connectivity index (χ2v) is 3.08. The zero-order valence-corrected chi connectivity index (χ0v) is 9.03. The Hall–Kier alpha value is -1.71. The van der Waals surface area contributed by atoms with E-state index in [0.29, 0.717) is 12.4 Å². The first kappa shape index (κ1) is 11.4. The van der Waals surface area contributed by atoms with Crippen molar-refractivity contribution in [1.82, 2.24) is 0 Å². The Morgan fingerprint density at radius 1 is 1.47 bits per heavy atom. The SMILES string of the molecule is CCOc1cc(C)cc(O)c1C(=O)OC. The maximum absolute atomic E-state index is 11.4. The molecule has 0 aliphatic rings. The summed E-state index contributed by atoms with van der Waals surface area (Å²) in [7, 11) is 1.26. The molecular formula is C11H14O4. The summed E-state index contributed by atoms with van der Waals surface area (Å²) in [6, 6.07) is 3.18. The number of aryl methyl sites for hydroxylation is 1. The van der Waals surface area contributed by atoms with Crippen molar-refractivity contribution < 1.29 is 19.4 Å². The van der Waals surface area contributed by atoms with E-state index < -0.39 is 5.97 Å². The summed E-state index contributed by atoms with van der Waals surface area (Å²) in [4.78, 5) is 11.4. The molecule has 1 aromatic rings. The largest absolute Gasteiger partial charge is 0.507 e. The Kier molecular flexibility index (Phi) is 3.55. The molecule has 0 radical (unpaired) electrons. The minimum atomic E-state index is -0.601. The van der Waals surface area contributed by atoms with Crippen LogP contribution in [-0.4, -0.2) is 24.8 Å². The van der Waals surface area contributed by atoms with Crippen LogP contribution in [0.25, 0.3) is 0 Å². The molecule has 15 heavy (non-hydrogen) atoms. The molecule has 0 amide bonds. The molecule has 1 aromatic carbocycles. The van der Waals surface area contributed by atoms with E-state index >= 15 is 0 Å². The maximum Gasteiger partial charge on any atom is 0.345 e. The van der Waals surface area contributed by atoms with Crippen molar-refractivity contribution in [2.75, 3.05) is 13.7 Å². The smallest absolute Gasteiger partial charge is 0.345 e. The van der Waals surface area contributed by atoms with Gasteiger partial charge in [0.2, 0.25) is 0 Å². The van der Waals surface area contributed by atoms with Crippen molar-refractivity contribution in [2.24, 2.45) is 0 Å². The first-order chi connectivity index (χ1) is 7.10. The second-order valence-electron chi connectivity index (χ2n) is 3.08. The number of carbonyl (C=O) groups is 1. The number of aromatic hydroxyl groups is 1. The Morgan fingerprint density at radius 2 is 2.13 bits per heavy atom. The van der Waals surface area contributed by atoms with Gasteiger partial charge in [-0.15, -0.1) is 0 Å². The molecule has 0 bridgehead atoms. The number of hydrogen-bond donors (Lipinski definition) is 1. The van der Waals surface area contributed by atoms with E-state index in [1.807, 2.05) is 6.92 Å². The molecule has 1 rings (SSSR count). The summed E-state index contributed by atoms with van der Waals surface area (Å²) in [6.07, 6.45) is 0. The predicted octanol–water partition coefficient (Wildman–Crippen LogP) is 1.89. The molecule has 0 saturated heterocycles. The number of phenolic OH excluding ortho intramolecular Hbond substituents is 1. The number of hydrogen-bond acceptors (Lipinski definition) is 4. The highest BCUT2D eigenvalue weighted by molar-refractivity contribution is 5.95. The van der Waals surface area contributed by atoms with Gasteiger partial charge < -0.3 is 14.6 Å². The van der Waals surface area contributed by atoms with Gasteiger partial charge in [-0.1, -0.05) is 0 Å². The number of carbonyl (C=O) groups excluding carboxylic acids is 1. The van der Waals surface area contributed by atoms with Crippen LogP contribution in [0.4, 0.5) is 0 Å². The first-order valence-electron chi connectivity index (χ1n) is 4.64. The van der Waals surface area contributed by atoms with Crippen LogP contribution in [0.2, 0.25) is 0 Å². The van der Waals surface area contributed by atoms with Gasteiger partial charge in [0.15, 0.2) is 0 Å². The predicted molar refractivity (Wildman–Crippen MR) is 55.4 cm³/mol. The van der Waals surface area contributed by atoms with E-state index in [1.165, 1.54) is 13.2 Å². The number of esters is 1. The van der Waals surface area contributed by atoms with E-state index in [0.717, 1.165) is 5.56 Å². The quantitative estimate of drug-likeness (QED) is 0.774. The minimum absolute atomic E-state index is 0.0740. The van der Waals surface area contributed by atoms with Gasteiger partial charge in [-0.05, 0) is 31.5 Å². The summed E-state index contributed by atoms with van der Waals surface area (Å²) < 4.78 is 9.83. The van der Waals surface area contributed by atoms with Crippen molar-refractivity contribution in [3.63, 3.8) is 0 Å². The van der Waals surface area contributed by atoms with Crippen LogP contribution in [-0.2, 0) is 4.74 Å². The molecule has 0 aromatic heterocycles. The van der Waals surface area contributed by atoms with Crippen molar-refractivity contribution in [3.8, 4) is 11.5 Å². The topological polar surface area (TPSA) is 55.8 Å².